The number of rotatable bonds is 5. The molecule has 0 aliphatic carbocycles. The molecule has 0 aliphatic rings. The molecule has 2 aromatic carbocycles. The Hall–Kier alpha value is -2.87. The first kappa shape index (κ1) is 13.6. The smallest absolute Gasteiger partial charge is 0.269 e. The zero-order valence-corrected chi connectivity index (χ0v) is 10.7. The lowest BCUT2D eigenvalue weighted by atomic mass is 10.0. The maximum absolute atomic E-state index is 10.8. The fourth-order valence-electron chi connectivity index (χ4n) is 1.88. The van der Waals surface area contributed by atoms with Gasteiger partial charge in [-0.25, -0.2) is 0 Å². The summed E-state index contributed by atoms with van der Waals surface area (Å²) in [6.07, 6.45) is 0.517. The molecule has 2 aromatic rings. The number of nitro benzene ring substituents is 1. The van der Waals surface area contributed by atoms with Crippen molar-refractivity contribution in [2.75, 3.05) is 6.61 Å². The lowest BCUT2D eigenvalue weighted by Gasteiger charge is -2.09. The maximum Gasteiger partial charge on any atom is 0.269 e. The summed E-state index contributed by atoms with van der Waals surface area (Å²) in [5.74, 6) is 0.501. The molecule has 0 fully saturated rings. The van der Waals surface area contributed by atoms with E-state index in [1.165, 1.54) is 18.2 Å². The summed E-state index contributed by atoms with van der Waals surface area (Å²) in [7, 11) is 0. The van der Waals surface area contributed by atoms with Crippen LogP contribution in [0.4, 0.5) is 5.69 Å². The molecule has 100 valence electrons. The number of hydrogen-bond acceptors (Lipinski definition) is 4. The van der Waals surface area contributed by atoms with Gasteiger partial charge in [0.05, 0.1) is 4.92 Å². The van der Waals surface area contributed by atoms with Crippen LogP contribution in [-0.2, 0) is 6.42 Å². The average molecular weight is 268 g/mol. The van der Waals surface area contributed by atoms with Crippen molar-refractivity contribution in [2.24, 2.45) is 0 Å². The molecule has 0 radical (unpaired) electrons. The van der Waals surface area contributed by atoms with E-state index < -0.39 is 4.92 Å². The highest BCUT2D eigenvalue weighted by atomic mass is 16.6. The van der Waals surface area contributed by atoms with Gasteiger partial charge in [-0.05, 0) is 11.6 Å². The van der Waals surface area contributed by atoms with E-state index >= 15 is 0 Å². The second kappa shape index (κ2) is 6.34. The summed E-state index contributed by atoms with van der Waals surface area (Å²) in [5.41, 5.74) is 1.73. The van der Waals surface area contributed by atoms with E-state index in [-0.39, 0.29) is 12.3 Å². The summed E-state index contributed by atoms with van der Waals surface area (Å²) in [4.78, 5) is 10.4. The van der Waals surface area contributed by atoms with Crippen molar-refractivity contribution in [1.82, 2.24) is 0 Å². The number of non-ortho nitro benzene ring substituents is 1. The summed E-state index contributed by atoms with van der Waals surface area (Å²) in [5, 5.41) is 19.4. The van der Waals surface area contributed by atoms with E-state index in [1.807, 2.05) is 36.4 Å². The molecular formula is C15H12N2O3. The Morgan fingerprint density at radius 2 is 1.95 bits per heavy atom. The van der Waals surface area contributed by atoms with Crippen LogP contribution < -0.4 is 4.74 Å². The zero-order chi connectivity index (χ0) is 14.4. The third-order valence-electron chi connectivity index (χ3n) is 2.78. The Kier molecular flexibility index (Phi) is 4.30. The minimum absolute atomic E-state index is 0.0141. The van der Waals surface area contributed by atoms with Crippen LogP contribution in [0.1, 0.15) is 11.1 Å². The average Bonchev–Trinajstić information content (AvgIpc) is 2.47. The summed E-state index contributed by atoms with van der Waals surface area (Å²) in [6, 6.07) is 15.9. The number of nitriles is 1. The normalized spacial score (nSPS) is 9.75. The van der Waals surface area contributed by atoms with Crippen LogP contribution in [0.15, 0.2) is 48.5 Å². The van der Waals surface area contributed by atoms with Gasteiger partial charge in [-0.2, -0.15) is 5.26 Å². The van der Waals surface area contributed by atoms with Gasteiger partial charge in [0.15, 0.2) is 6.61 Å². The molecular weight excluding hydrogens is 256 g/mol. The Balaban J connectivity index is 2.33. The van der Waals surface area contributed by atoms with Gasteiger partial charge < -0.3 is 4.74 Å². The van der Waals surface area contributed by atoms with Gasteiger partial charge in [0.25, 0.3) is 5.69 Å². The van der Waals surface area contributed by atoms with E-state index in [9.17, 15) is 10.1 Å². The minimum Gasteiger partial charge on any atom is -0.478 e. The van der Waals surface area contributed by atoms with E-state index in [0.717, 1.165) is 5.56 Å². The highest BCUT2D eigenvalue weighted by molar-refractivity contribution is 5.46. The molecule has 5 heteroatoms. The summed E-state index contributed by atoms with van der Waals surface area (Å²) < 4.78 is 5.31. The Morgan fingerprint density at radius 3 is 2.60 bits per heavy atom. The predicted octanol–water partition coefficient (Wildman–Crippen LogP) is 3.09. The first-order valence-electron chi connectivity index (χ1n) is 6.01. The van der Waals surface area contributed by atoms with Gasteiger partial charge in [-0.1, -0.05) is 30.3 Å². The molecule has 5 nitrogen and oxygen atoms in total. The highest BCUT2D eigenvalue weighted by Gasteiger charge is 2.12. The van der Waals surface area contributed by atoms with Gasteiger partial charge in [0.1, 0.15) is 11.8 Å². The number of nitrogens with zero attached hydrogens (tertiary/aromatic N) is 2. The number of hydrogen-bond donors (Lipinski definition) is 0. The third-order valence-corrected chi connectivity index (χ3v) is 2.78. The van der Waals surface area contributed by atoms with Crippen molar-refractivity contribution >= 4 is 5.69 Å². The fourth-order valence-corrected chi connectivity index (χ4v) is 1.88. The summed E-state index contributed by atoms with van der Waals surface area (Å²) in [6.45, 7) is -0.0837. The van der Waals surface area contributed by atoms with Gasteiger partial charge in [-0.3, -0.25) is 10.1 Å². The van der Waals surface area contributed by atoms with E-state index in [0.29, 0.717) is 17.7 Å². The fraction of sp³-hybridized carbons (Fsp3) is 0.133. The number of ether oxygens (including phenoxy) is 1. The molecule has 0 aliphatic heterocycles. The largest absolute Gasteiger partial charge is 0.478 e. The van der Waals surface area contributed by atoms with Gasteiger partial charge in [0.2, 0.25) is 0 Å². The molecule has 2 rings (SSSR count). The van der Waals surface area contributed by atoms with Crippen LogP contribution in [0.25, 0.3) is 0 Å². The lowest BCUT2D eigenvalue weighted by molar-refractivity contribution is -0.384. The third kappa shape index (κ3) is 3.33. The maximum atomic E-state index is 10.8. The van der Waals surface area contributed by atoms with Crippen molar-refractivity contribution in [3.8, 4) is 11.8 Å². The van der Waals surface area contributed by atoms with Crippen molar-refractivity contribution in [2.45, 2.75) is 6.42 Å². The second-order valence-corrected chi connectivity index (χ2v) is 4.16. The van der Waals surface area contributed by atoms with Gasteiger partial charge in [0, 0.05) is 24.1 Å². The summed E-state index contributed by atoms with van der Waals surface area (Å²) >= 11 is 0. The predicted molar refractivity (Wildman–Crippen MR) is 73.5 cm³/mol. The van der Waals surface area contributed by atoms with E-state index in [4.69, 9.17) is 10.00 Å². The first-order valence-corrected chi connectivity index (χ1v) is 6.01. The molecule has 0 saturated heterocycles. The molecule has 20 heavy (non-hydrogen) atoms. The van der Waals surface area contributed by atoms with Crippen LogP contribution in [-0.4, -0.2) is 11.5 Å². The molecule has 0 aromatic heterocycles. The Labute approximate surface area is 116 Å². The van der Waals surface area contributed by atoms with Crippen LogP contribution in [0, 0.1) is 21.4 Å². The molecule has 0 heterocycles. The molecule has 0 amide bonds. The van der Waals surface area contributed by atoms with Crippen LogP contribution in [0.3, 0.4) is 0 Å². The molecule has 0 N–H and O–H groups in total. The monoisotopic (exact) mass is 268 g/mol. The van der Waals surface area contributed by atoms with Crippen molar-refractivity contribution in [3.63, 3.8) is 0 Å². The number of benzene rings is 2. The molecule has 0 unspecified atom stereocenters. The highest BCUT2D eigenvalue weighted by Crippen LogP contribution is 2.26. The molecule has 0 bridgehead atoms. The topological polar surface area (TPSA) is 76.2 Å². The van der Waals surface area contributed by atoms with E-state index in [2.05, 4.69) is 0 Å². The lowest BCUT2D eigenvalue weighted by Crippen LogP contribution is -2.00. The molecule has 0 spiro atoms. The molecule has 0 atom stereocenters. The number of nitro groups is 1. The van der Waals surface area contributed by atoms with Gasteiger partial charge >= 0.3 is 0 Å². The van der Waals surface area contributed by atoms with Crippen LogP contribution >= 0.6 is 0 Å². The Morgan fingerprint density at radius 1 is 1.20 bits per heavy atom. The van der Waals surface area contributed by atoms with Crippen molar-refractivity contribution < 1.29 is 9.66 Å². The van der Waals surface area contributed by atoms with Gasteiger partial charge in [-0.15, -0.1) is 0 Å². The van der Waals surface area contributed by atoms with E-state index in [1.54, 1.807) is 0 Å². The van der Waals surface area contributed by atoms with Crippen LogP contribution in [0.5, 0.6) is 5.75 Å². The van der Waals surface area contributed by atoms with Crippen molar-refractivity contribution in [1.29, 1.82) is 5.26 Å². The van der Waals surface area contributed by atoms with Crippen LogP contribution in [0.2, 0.25) is 0 Å². The molecule has 0 saturated carbocycles. The second-order valence-electron chi connectivity index (χ2n) is 4.16. The minimum atomic E-state index is -0.442. The Bertz CT molecular complexity index is 648. The SMILES string of the molecule is N#CCOc1ccc([N+](=O)[O-])cc1Cc1ccccc1. The quantitative estimate of drug-likeness (QED) is 0.616. The standard InChI is InChI=1S/C15H12N2O3/c16-8-9-20-15-7-6-14(17(18)19)11-13(15)10-12-4-2-1-3-5-12/h1-7,11H,9-10H2. The first-order chi connectivity index (χ1) is 9.70. The zero-order valence-electron chi connectivity index (χ0n) is 10.7. The van der Waals surface area contributed by atoms with Crippen molar-refractivity contribution in [3.05, 3.63) is 69.8 Å².